The Morgan fingerprint density at radius 3 is 3.00 bits per heavy atom. The van der Waals surface area contributed by atoms with E-state index in [0.717, 1.165) is 19.3 Å². The lowest BCUT2D eigenvalue weighted by Gasteiger charge is -2.28. The van der Waals surface area contributed by atoms with Crippen molar-refractivity contribution < 1.29 is 14.6 Å². The normalized spacial score (nSPS) is 17.9. The molecule has 0 saturated heterocycles. The first-order valence-corrected chi connectivity index (χ1v) is 8.54. The van der Waals surface area contributed by atoms with Gasteiger partial charge in [-0.25, -0.2) is 4.79 Å². The molecular weight excluding hydrogens is 320 g/mol. The van der Waals surface area contributed by atoms with Gasteiger partial charge in [0, 0.05) is 5.70 Å². The van der Waals surface area contributed by atoms with E-state index in [9.17, 15) is 9.90 Å². The van der Waals surface area contributed by atoms with Crippen LogP contribution in [0.25, 0.3) is 0 Å². The lowest BCUT2D eigenvalue weighted by Crippen LogP contribution is -2.51. The van der Waals surface area contributed by atoms with Crippen molar-refractivity contribution >= 4 is 34.6 Å². The van der Waals surface area contributed by atoms with Crippen LogP contribution in [-0.4, -0.2) is 35.4 Å². The number of carbonyl (C=O) groups is 1. The van der Waals surface area contributed by atoms with Crippen LogP contribution < -0.4 is 10.6 Å². The first-order chi connectivity index (χ1) is 10.6. The average molecular weight is 340 g/mol. The second-order valence-electron chi connectivity index (χ2n) is 5.10. The summed E-state index contributed by atoms with van der Waals surface area (Å²) in [6, 6.07) is 1.60. The van der Waals surface area contributed by atoms with Crippen molar-refractivity contribution in [2.24, 2.45) is 0 Å². The largest absolute Gasteiger partial charge is 0.462 e. The number of hydrogen-bond donors (Lipinski definition) is 3. The summed E-state index contributed by atoms with van der Waals surface area (Å²) >= 11 is 6.70. The Morgan fingerprint density at radius 1 is 1.50 bits per heavy atom. The molecule has 1 aliphatic heterocycles. The molecule has 1 atom stereocenters. The van der Waals surface area contributed by atoms with E-state index in [0.29, 0.717) is 23.0 Å². The van der Waals surface area contributed by atoms with Gasteiger partial charge in [-0.2, -0.15) is 11.3 Å². The van der Waals surface area contributed by atoms with Crippen LogP contribution >= 0.6 is 23.6 Å². The van der Waals surface area contributed by atoms with Gasteiger partial charge in [0.25, 0.3) is 0 Å². The van der Waals surface area contributed by atoms with Crippen molar-refractivity contribution in [3.8, 4) is 0 Å². The van der Waals surface area contributed by atoms with Crippen molar-refractivity contribution in [2.75, 3.05) is 13.2 Å². The van der Waals surface area contributed by atoms with E-state index < -0.39 is 12.0 Å². The molecule has 2 rings (SSSR count). The number of thiocarbonyl (C=S) groups is 1. The highest BCUT2D eigenvalue weighted by Crippen LogP contribution is 2.14. The number of nitrogens with one attached hydrogen (secondary N) is 2. The maximum absolute atomic E-state index is 12.2. The highest BCUT2D eigenvalue weighted by Gasteiger charge is 2.28. The molecule has 0 spiro atoms. The highest BCUT2D eigenvalue weighted by atomic mass is 32.1. The summed E-state index contributed by atoms with van der Waals surface area (Å²) < 4.78 is 5.31. The van der Waals surface area contributed by atoms with Crippen LogP contribution in [0.1, 0.15) is 25.3 Å². The smallest absolute Gasteiger partial charge is 0.337 e. The van der Waals surface area contributed by atoms with Crippen molar-refractivity contribution in [1.29, 1.82) is 0 Å². The minimum absolute atomic E-state index is 0.207. The van der Waals surface area contributed by atoms with Gasteiger partial charge in [0.05, 0.1) is 24.8 Å². The van der Waals surface area contributed by atoms with Crippen LogP contribution in [-0.2, 0) is 16.0 Å². The molecule has 0 radical (unpaired) electrons. The molecule has 1 unspecified atom stereocenters. The number of unbranched alkanes of at least 4 members (excludes halogenated alkanes) is 1. The molecule has 3 N–H and O–H groups in total. The van der Waals surface area contributed by atoms with Crippen LogP contribution in [0.3, 0.4) is 0 Å². The van der Waals surface area contributed by atoms with Crippen LogP contribution in [0.4, 0.5) is 0 Å². The van der Waals surface area contributed by atoms with E-state index in [4.69, 9.17) is 17.0 Å². The molecule has 0 bridgehead atoms. The molecule has 5 nitrogen and oxygen atoms in total. The molecule has 2 heterocycles. The quantitative estimate of drug-likeness (QED) is 0.399. The summed E-state index contributed by atoms with van der Waals surface area (Å²) in [6.45, 7) is 1.92. The molecular formula is C15H20N2O3S2. The van der Waals surface area contributed by atoms with Gasteiger partial charge in [0.1, 0.15) is 0 Å². The fourth-order valence-corrected chi connectivity index (χ4v) is 3.30. The van der Waals surface area contributed by atoms with Gasteiger partial charge in [-0.05, 0) is 60.8 Å². The van der Waals surface area contributed by atoms with E-state index in [1.807, 2.05) is 0 Å². The molecule has 0 saturated carbocycles. The second-order valence-corrected chi connectivity index (χ2v) is 6.29. The zero-order valence-electron chi connectivity index (χ0n) is 12.4. The van der Waals surface area contributed by atoms with E-state index in [1.165, 1.54) is 5.56 Å². The zero-order valence-corrected chi connectivity index (χ0v) is 14.1. The Hall–Kier alpha value is -1.44. The predicted molar refractivity (Wildman–Crippen MR) is 90.7 cm³/mol. The lowest BCUT2D eigenvalue weighted by molar-refractivity contribution is -0.139. The number of carbonyl (C=O) groups excluding carboxylic acids is 1. The Balaban J connectivity index is 1.78. The Labute approximate surface area is 139 Å². The lowest BCUT2D eigenvalue weighted by atomic mass is 10.0. The molecule has 0 amide bonds. The number of thiophene rings is 1. The van der Waals surface area contributed by atoms with E-state index in [-0.39, 0.29) is 6.61 Å². The van der Waals surface area contributed by atoms with Gasteiger partial charge in [0.15, 0.2) is 5.11 Å². The molecule has 7 heteroatoms. The molecule has 120 valence electrons. The average Bonchev–Trinajstić information content (AvgIpc) is 2.99. The van der Waals surface area contributed by atoms with Crippen LogP contribution in [0.2, 0.25) is 0 Å². The number of esters is 1. The summed E-state index contributed by atoms with van der Waals surface area (Å²) in [4.78, 5) is 12.2. The van der Waals surface area contributed by atoms with Crippen molar-refractivity contribution in [3.63, 3.8) is 0 Å². The highest BCUT2D eigenvalue weighted by molar-refractivity contribution is 7.80. The molecule has 1 aromatic heterocycles. The van der Waals surface area contributed by atoms with Crippen LogP contribution in [0, 0.1) is 0 Å². The maximum Gasteiger partial charge on any atom is 0.337 e. The first-order valence-electron chi connectivity index (χ1n) is 7.19. The Morgan fingerprint density at radius 2 is 2.32 bits per heavy atom. The minimum atomic E-state index is -0.507. The number of allylic oxidation sites excluding steroid dienone is 1. The summed E-state index contributed by atoms with van der Waals surface area (Å²) in [6.07, 6.45) is 2.79. The van der Waals surface area contributed by atoms with E-state index in [2.05, 4.69) is 27.5 Å². The summed E-state index contributed by atoms with van der Waals surface area (Å²) in [5, 5.41) is 19.7. The number of ether oxygens (including phenoxy) is 1. The van der Waals surface area contributed by atoms with Gasteiger partial charge < -0.3 is 20.5 Å². The number of rotatable bonds is 7. The van der Waals surface area contributed by atoms with Crippen LogP contribution in [0.15, 0.2) is 28.1 Å². The number of aliphatic hydroxyl groups is 1. The maximum atomic E-state index is 12.2. The fourth-order valence-electron chi connectivity index (χ4n) is 2.31. The summed E-state index contributed by atoms with van der Waals surface area (Å²) in [5.74, 6) is -0.408. The van der Waals surface area contributed by atoms with Crippen molar-refractivity contribution in [3.05, 3.63) is 33.7 Å². The number of aliphatic hydroxyl groups excluding tert-OH is 1. The van der Waals surface area contributed by atoms with Gasteiger partial charge in [0.2, 0.25) is 0 Å². The van der Waals surface area contributed by atoms with Gasteiger partial charge in [-0.15, -0.1) is 0 Å². The van der Waals surface area contributed by atoms with Crippen LogP contribution in [0.5, 0.6) is 0 Å². The fraction of sp³-hybridized carbons (Fsp3) is 0.467. The van der Waals surface area contributed by atoms with E-state index >= 15 is 0 Å². The summed E-state index contributed by atoms with van der Waals surface area (Å²) in [7, 11) is 0. The SMILES string of the molecule is CC1=C(C(=O)OCCCCc2ccsc2)C(CO)NC(=S)N1. The number of hydrogen-bond acceptors (Lipinski definition) is 5. The third kappa shape index (κ3) is 4.53. The van der Waals surface area contributed by atoms with Crippen molar-refractivity contribution in [2.45, 2.75) is 32.2 Å². The van der Waals surface area contributed by atoms with Gasteiger partial charge >= 0.3 is 5.97 Å². The van der Waals surface area contributed by atoms with Crippen molar-refractivity contribution in [1.82, 2.24) is 10.6 Å². The topological polar surface area (TPSA) is 70.6 Å². The standard InChI is InChI=1S/C15H20N2O3S2/c1-10-13(12(8-18)17-15(21)16-10)14(19)20-6-3-2-4-11-5-7-22-9-11/h5,7,9,12,18H,2-4,6,8H2,1H3,(H2,16,17,21). The monoisotopic (exact) mass is 340 g/mol. The minimum Gasteiger partial charge on any atom is -0.462 e. The molecule has 1 aromatic rings. The molecule has 0 fully saturated rings. The zero-order chi connectivity index (χ0) is 15.9. The molecule has 0 aliphatic carbocycles. The van der Waals surface area contributed by atoms with E-state index in [1.54, 1.807) is 18.3 Å². The third-order valence-electron chi connectivity index (χ3n) is 3.43. The summed E-state index contributed by atoms with van der Waals surface area (Å²) in [5.41, 5.74) is 2.37. The van der Waals surface area contributed by atoms with Gasteiger partial charge in [-0.1, -0.05) is 0 Å². The number of aryl methyl sites for hydroxylation is 1. The molecule has 0 aromatic carbocycles. The molecule has 1 aliphatic rings. The second kappa shape index (κ2) is 8.26. The molecule has 22 heavy (non-hydrogen) atoms. The predicted octanol–water partition coefficient (Wildman–Crippen LogP) is 1.73. The van der Waals surface area contributed by atoms with Gasteiger partial charge in [-0.3, -0.25) is 0 Å². The Kier molecular flexibility index (Phi) is 6.35. The third-order valence-corrected chi connectivity index (χ3v) is 4.39. The Bertz CT molecular complexity index is 555. The first kappa shape index (κ1) is 16.9.